The Kier molecular flexibility index (Phi) is 4.69. The molecule has 0 bridgehead atoms. The molecule has 0 N–H and O–H groups in total. The van der Waals surface area contributed by atoms with Crippen molar-refractivity contribution in [2.24, 2.45) is 0 Å². The molecule has 0 unspecified atom stereocenters. The monoisotopic (exact) mass is 328 g/mol. The summed E-state index contributed by atoms with van der Waals surface area (Å²) >= 11 is 1.84. The molecule has 0 atom stereocenters. The van der Waals surface area contributed by atoms with Crippen LogP contribution in [0.3, 0.4) is 0 Å². The molecule has 0 saturated heterocycles. The number of nitro groups is 2. The molecule has 1 rings (SSSR count). The van der Waals surface area contributed by atoms with Crippen LogP contribution in [0.4, 0.5) is 11.4 Å². The minimum atomic E-state index is -0.652. The molecule has 1 aromatic carbocycles. The molecule has 0 saturated carbocycles. The molecule has 0 aliphatic carbocycles. The van der Waals surface area contributed by atoms with Crippen molar-refractivity contribution in [1.82, 2.24) is 0 Å². The first-order valence-electron chi connectivity index (χ1n) is 3.15. The molecule has 0 aromatic heterocycles. The van der Waals surface area contributed by atoms with E-state index in [1.54, 1.807) is 0 Å². The third-order valence-electron chi connectivity index (χ3n) is 1.39. The van der Waals surface area contributed by atoms with Crippen LogP contribution >= 0.6 is 17.0 Å². The van der Waals surface area contributed by atoms with Crippen LogP contribution in [0.15, 0.2) is 18.2 Å². The van der Waals surface area contributed by atoms with Crippen LogP contribution in [0.25, 0.3) is 0 Å². The number of nitro benzene ring substituents is 2. The second-order valence-electron chi connectivity index (χ2n) is 2.16. The molecule has 0 aliphatic rings. The fraction of sp³-hybridized carbons (Fsp3) is 0. The molecule has 0 aliphatic heterocycles. The number of hydrogen-bond acceptors (Lipinski definition) is 4. The number of nitrogens with zero attached hydrogens (tertiary/aromatic N) is 2. The van der Waals surface area contributed by atoms with E-state index in [1.807, 2.05) is 16.0 Å². The standard InChI is InChI=1S/C6H4N2O4Se.BrH/c9-7(10)4-2-1-3-5(6(4)13)8(11)12;/h1-3,13H;1H. The molecule has 14 heavy (non-hydrogen) atoms. The minimum absolute atomic E-state index is 0. The fourth-order valence-electron chi connectivity index (χ4n) is 0.814. The third-order valence-corrected chi connectivity index (χ3v) is 2.35. The van der Waals surface area contributed by atoms with E-state index in [-0.39, 0.29) is 32.8 Å². The van der Waals surface area contributed by atoms with Gasteiger partial charge in [0.15, 0.2) is 0 Å². The molecule has 8 heteroatoms. The van der Waals surface area contributed by atoms with Crippen molar-refractivity contribution < 1.29 is 9.85 Å². The molecule has 0 radical (unpaired) electrons. The van der Waals surface area contributed by atoms with Crippen LogP contribution in [-0.4, -0.2) is 25.9 Å². The Labute approximate surface area is 97.2 Å². The predicted octanol–water partition coefficient (Wildman–Crippen LogP) is 0.607. The van der Waals surface area contributed by atoms with E-state index >= 15 is 0 Å². The summed E-state index contributed by atoms with van der Waals surface area (Å²) in [4.78, 5) is 19.4. The first-order chi connectivity index (χ1) is 6.04. The van der Waals surface area contributed by atoms with Gasteiger partial charge in [-0.15, -0.1) is 17.0 Å². The van der Waals surface area contributed by atoms with Crippen LogP contribution in [0, 0.1) is 20.2 Å². The van der Waals surface area contributed by atoms with Gasteiger partial charge in [-0.05, 0) is 0 Å². The molecule has 0 heterocycles. The zero-order valence-corrected chi connectivity index (χ0v) is 10.2. The zero-order chi connectivity index (χ0) is 10.0. The summed E-state index contributed by atoms with van der Waals surface area (Å²) in [6.07, 6.45) is 0. The summed E-state index contributed by atoms with van der Waals surface area (Å²) in [6, 6.07) is 3.73. The van der Waals surface area contributed by atoms with Gasteiger partial charge in [0.2, 0.25) is 0 Å². The van der Waals surface area contributed by atoms with Gasteiger partial charge in [0.1, 0.15) is 0 Å². The summed E-state index contributed by atoms with van der Waals surface area (Å²) < 4.78 is 0.0185. The summed E-state index contributed by atoms with van der Waals surface area (Å²) in [7, 11) is 0. The second kappa shape index (κ2) is 5.04. The third kappa shape index (κ3) is 2.50. The summed E-state index contributed by atoms with van der Waals surface area (Å²) in [5.41, 5.74) is -0.511. The molecule has 0 spiro atoms. The van der Waals surface area contributed by atoms with Crippen LogP contribution in [0.5, 0.6) is 0 Å². The number of rotatable bonds is 2. The van der Waals surface area contributed by atoms with E-state index in [0.717, 1.165) is 0 Å². The Hall–Kier alpha value is -0.981. The van der Waals surface area contributed by atoms with Crippen molar-refractivity contribution in [3.63, 3.8) is 0 Å². The van der Waals surface area contributed by atoms with Gasteiger partial charge in [-0.25, -0.2) is 0 Å². The van der Waals surface area contributed by atoms with Crippen molar-refractivity contribution in [2.45, 2.75) is 0 Å². The van der Waals surface area contributed by atoms with E-state index in [0.29, 0.717) is 0 Å². The number of benzene rings is 1. The van der Waals surface area contributed by atoms with Gasteiger partial charge >= 0.3 is 80.1 Å². The second-order valence-corrected chi connectivity index (χ2v) is 3.10. The van der Waals surface area contributed by atoms with E-state index in [9.17, 15) is 20.2 Å². The van der Waals surface area contributed by atoms with E-state index in [1.165, 1.54) is 18.2 Å². The SMILES string of the molecule is Br.O=[N+]([O-])c1cccc([N+](=O)[O-])c1[SeH]. The summed E-state index contributed by atoms with van der Waals surface area (Å²) in [5.74, 6) is 0. The Balaban J connectivity index is 0.00000169. The summed E-state index contributed by atoms with van der Waals surface area (Å²) in [5, 5.41) is 20.7. The Morgan fingerprint density at radius 2 is 1.43 bits per heavy atom. The molecule has 76 valence electrons. The maximum atomic E-state index is 10.4. The van der Waals surface area contributed by atoms with Crippen LogP contribution in [-0.2, 0) is 0 Å². The molecular weight excluding hydrogens is 323 g/mol. The quantitative estimate of drug-likeness (QED) is 0.452. The molecule has 1 aromatic rings. The normalized spacial score (nSPS) is 8.93. The first-order valence-corrected chi connectivity index (χ1v) is 4.08. The average molecular weight is 328 g/mol. The maximum absolute atomic E-state index is 10.4. The van der Waals surface area contributed by atoms with Gasteiger partial charge in [0.25, 0.3) is 0 Å². The van der Waals surface area contributed by atoms with Gasteiger partial charge in [-0.1, -0.05) is 0 Å². The topological polar surface area (TPSA) is 86.3 Å². The number of hydrogen-bond donors (Lipinski definition) is 0. The van der Waals surface area contributed by atoms with Crippen molar-refractivity contribution in [3.05, 3.63) is 38.4 Å². The van der Waals surface area contributed by atoms with E-state index < -0.39 is 9.85 Å². The van der Waals surface area contributed by atoms with Gasteiger partial charge in [0.05, 0.1) is 0 Å². The van der Waals surface area contributed by atoms with Crippen molar-refractivity contribution >= 4 is 48.8 Å². The van der Waals surface area contributed by atoms with Gasteiger partial charge in [0, 0.05) is 0 Å². The van der Waals surface area contributed by atoms with E-state index in [2.05, 4.69) is 0 Å². The number of halogens is 1. The van der Waals surface area contributed by atoms with Gasteiger partial charge < -0.3 is 0 Å². The van der Waals surface area contributed by atoms with Crippen molar-refractivity contribution in [2.75, 3.05) is 0 Å². The Bertz CT molecular complexity index is 352. The average Bonchev–Trinajstić information content (AvgIpc) is 2.03. The van der Waals surface area contributed by atoms with Crippen molar-refractivity contribution in [3.8, 4) is 0 Å². The van der Waals surface area contributed by atoms with E-state index in [4.69, 9.17) is 0 Å². The van der Waals surface area contributed by atoms with Crippen molar-refractivity contribution in [1.29, 1.82) is 0 Å². The molecular formula is C6H5BrN2O4Se. The molecule has 0 amide bonds. The van der Waals surface area contributed by atoms with Crippen LogP contribution < -0.4 is 4.46 Å². The Morgan fingerprint density at radius 3 is 1.71 bits per heavy atom. The zero-order valence-electron chi connectivity index (χ0n) is 6.61. The predicted molar refractivity (Wildman–Crippen MR) is 56.9 cm³/mol. The Morgan fingerprint density at radius 1 is 1.07 bits per heavy atom. The van der Waals surface area contributed by atoms with Gasteiger partial charge in [-0.2, -0.15) is 0 Å². The summed E-state index contributed by atoms with van der Waals surface area (Å²) in [6.45, 7) is 0. The first kappa shape index (κ1) is 13.0. The fourth-order valence-corrected chi connectivity index (χ4v) is 1.47. The van der Waals surface area contributed by atoms with Crippen LogP contribution in [0.2, 0.25) is 0 Å². The van der Waals surface area contributed by atoms with Gasteiger partial charge in [-0.3, -0.25) is 0 Å². The molecule has 6 nitrogen and oxygen atoms in total. The van der Waals surface area contributed by atoms with Crippen LogP contribution in [0.1, 0.15) is 0 Å². The molecule has 0 fully saturated rings.